The molecule has 0 aliphatic heterocycles. The summed E-state index contributed by atoms with van der Waals surface area (Å²) in [7, 11) is 3.16. The summed E-state index contributed by atoms with van der Waals surface area (Å²) in [5.74, 6) is 0.346. The van der Waals surface area contributed by atoms with Crippen molar-refractivity contribution in [1.29, 1.82) is 0 Å². The molecule has 1 aromatic heterocycles. The largest absolute Gasteiger partial charge is 0.497 e. The van der Waals surface area contributed by atoms with E-state index in [1.807, 2.05) is 6.92 Å². The number of benzene rings is 1. The Labute approximate surface area is 122 Å². The van der Waals surface area contributed by atoms with Crippen molar-refractivity contribution < 1.29 is 14.3 Å². The monoisotopic (exact) mass is 291 g/mol. The Balaban J connectivity index is 2.08. The van der Waals surface area contributed by atoms with Crippen LogP contribution >= 0.6 is 0 Å². The van der Waals surface area contributed by atoms with Gasteiger partial charge in [-0.3, -0.25) is 4.79 Å². The van der Waals surface area contributed by atoms with Gasteiger partial charge < -0.3 is 14.8 Å². The molecule has 1 amide bonds. The number of rotatable bonds is 6. The summed E-state index contributed by atoms with van der Waals surface area (Å²) < 4.78 is 10.0. The van der Waals surface area contributed by atoms with Crippen LogP contribution in [0.25, 0.3) is 5.69 Å². The van der Waals surface area contributed by atoms with E-state index in [2.05, 4.69) is 20.7 Å². The third-order valence-corrected chi connectivity index (χ3v) is 2.71. The second-order valence-electron chi connectivity index (χ2n) is 4.43. The topological polar surface area (TPSA) is 91.2 Å². The summed E-state index contributed by atoms with van der Waals surface area (Å²) in [6.07, 6.45) is 0. The second-order valence-corrected chi connectivity index (χ2v) is 4.43. The van der Waals surface area contributed by atoms with Gasteiger partial charge in [0.1, 0.15) is 5.75 Å². The number of carbonyl (C=O) groups excluding carboxylic acids is 1. The van der Waals surface area contributed by atoms with Crippen molar-refractivity contribution in [2.24, 2.45) is 0 Å². The van der Waals surface area contributed by atoms with E-state index in [-0.39, 0.29) is 17.8 Å². The maximum atomic E-state index is 11.9. The normalized spacial score (nSPS) is 12.0. The summed E-state index contributed by atoms with van der Waals surface area (Å²) in [5, 5.41) is 14.4. The lowest BCUT2D eigenvalue weighted by Crippen LogP contribution is -2.36. The molecule has 1 N–H and O–H groups in total. The number of nitrogens with one attached hydrogen (secondary N) is 1. The van der Waals surface area contributed by atoms with Gasteiger partial charge in [-0.05, 0) is 36.4 Å². The molecule has 112 valence electrons. The molecule has 0 radical (unpaired) electrons. The van der Waals surface area contributed by atoms with E-state index in [4.69, 9.17) is 9.47 Å². The molecule has 1 heterocycles. The van der Waals surface area contributed by atoms with Crippen molar-refractivity contribution in [3.05, 3.63) is 30.1 Å². The summed E-state index contributed by atoms with van der Waals surface area (Å²) in [6, 6.07) is 6.97. The first-order valence-corrected chi connectivity index (χ1v) is 6.38. The fourth-order valence-corrected chi connectivity index (χ4v) is 1.71. The zero-order chi connectivity index (χ0) is 15.2. The molecule has 1 aromatic carbocycles. The predicted octanol–water partition coefficient (Wildman–Crippen LogP) is 0.436. The standard InChI is InChI=1S/C13H17N5O3/c1-9(8-20-2)14-13(19)12-15-17-18(16-12)10-4-6-11(21-3)7-5-10/h4-7,9H,8H2,1-3H3,(H,14,19)/t9-/m0/s1. The minimum atomic E-state index is -0.390. The summed E-state index contributed by atoms with van der Waals surface area (Å²) >= 11 is 0. The molecule has 0 aliphatic rings. The molecule has 0 aliphatic carbocycles. The molecular weight excluding hydrogens is 274 g/mol. The number of hydrogen-bond acceptors (Lipinski definition) is 6. The van der Waals surface area contributed by atoms with E-state index in [0.29, 0.717) is 12.3 Å². The Morgan fingerprint density at radius 1 is 1.33 bits per heavy atom. The van der Waals surface area contributed by atoms with Crippen LogP contribution in [0.1, 0.15) is 17.5 Å². The first-order valence-electron chi connectivity index (χ1n) is 6.38. The molecule has 0 saturated carbocycles. The van der Waals surface area contributed by atoms with Crippen LogP contribution in [0.4, 0.5) is 0 Å². The van der Waals surface area contributed by atoms with Crippen LogP contribution in [-0.2, 0) is 4.74 Å². The minimum Gasteiger partial charge on any atom is -0.497 e. The number of methoxy groups -OCH3 is 2. The first kappa shape index (κ1) is 14.9. The third kappa shape index (κ3) is 3.76. The van der Waals surface area contributed by atoms with Gasteiger partial charge in [-0.2, -0.15) is 0 Å². The van der Waals surface area contributed by atoms with E-state index < -0.39 is 0 Å². The molecule has 0 bridgehead atoms. The van der Waals surface area contributed by atoms with Crippen molar-refractivity contribution in [2.45, 2.75) is 13.0 Å². The SMILES string of the molecule is COC[C@H](C)NC(=O)c1nnn(-c2ccc(OC)cc2)n1. The highest BCUT2D eigenvalue weighted by Crippen LogP contribution is 2.13. The predicted molar refractivity (Wildman–Crippen MR) is 74.5 cm³/mol. The maximum Gasteiger partial charge on any atom is 0.293 e. The van der Waals surface area contributed by atoms with Crippen molar-refractivity contribution >= 4 is 5.91 Å². The van der Waals surface area contributed by atoms with Crippen LogP contribution in [0, 0.1) is 0 Å². The van der Waals surface area contributed by atoms with Gasteiger partial charge in [-0.15, -0.1) is 15.0 Å². The Kier molecular flexibility index (Phi) is 4.83. The zero-order valence-electron chi connectivity index (χ0n) is 12.1. The number of carbonyl (C=O) groups is 1. The van der Waals surface area contributed by atoms with Crippen LogP contribution in [0.15, 0.2) is 24.3 Å². The van der Waals surface area contributed by atoms with E-state index in [0.717, 1.165) is 5.75 Å². The molecule has 0 fully saturated rings. The first-order chi connectivity index (χ1) is 10.1. The van der Waals surface area contributed by atoms with Gasteiger partial charge in [-0.25, -0.2) is 0 Å². The molecule has 8 heteroatoms. The summed E-state index contributed by atoms with van der Waals surface area (Å²) in [6.45, 7) is 2.24. The van der Waals surface area contributed by atoms with Gasteiger partial charge in [0.05, 0.1) is 19.4 Å². The lowest BCUT2D eigenvalue weighted by molar-refractivity contribution is 0.0895. The zero-order valence-corrected chi connectivity index (χ0v) is 12.1. The molecule has 0 saturated heterocycles. The van der Waals surface area contributed by atoms with Crippen LogP contribution in [0.3, 0.4) is 0 Å². The van der Waals surface area contributed by atoms with Gasteiger partial charge in [-0.1, -0.05) is 0 Å². The van der Waals surface area contributed by atoms with Crippen LogP contribution in [0.5, 0.6) is 5.75 Å². The van der Waals surface area contributed by atoms with Gasteiger partial charge >= 0.3 is 0 Å². The second kappa shape index (κ2) is 6.80. The van der Waals surface area contributed by atoms with Crippen molar-refractivity contribution in [2.75, 3.05) is 20.8 Å². The third-order valence-electron chi connectivity index (χ3n) is 2.71. The fraction of sp³-hybridized carbons (Fsp3) is 0.385. The molecule has 0 spiro atoms. The highest BCUT2D eigenvalue weighted by molar-refractivity contribution is 5.90. The number of hydrogen-bond donors (Lipinski definition) is 1. The summed E-state index contributed by atoms with van der Waals surface area (Å²) in [5.41, 5.74) is 0.687. The minimum absolute atomic E-state index is 0.00812. The average molecular weight is 291 g/mol. The smallest absolute Gasteiger partial charge is 0.293 e. The molecule has 1 atom stereocenters. The number of nitrogens with zero attached hydrogens (tertiary/aromatic N) is 4. The van der Waals surface area contributed by atoms with Gasteiger partial charge in [0.2, 0.25) is 0 Å². The van der Waals surface area contributed by atoms with E-state index in [1.54, 1.807) is 38.5 Å². The van der Waals surface area contributed by atoms with Crippen LogP contribution in [0.2, 0.25) is 0 Å². The van der Waals surface area contributed by atoms with Gasteiger partial charge in [0.25, 0.3) is 11.7 Å². The Bertz CT molecular complexity index is 596. The quantitative estimate of drug-likeness (QED) is 0.830. The lowest BCUT2D eigenvalue weighted by atomic mass is 10.3. The highest BCUT2D eigenvalue weighted by atomic mass is 16.5. The molecule has 2 aromatic rings. The molecule has 21 heavy (non-hydrogen) atoms. The average Bonchev–Trinajstić information content (AvgIpc) is 2.97. The molecule has 8 nitrogen and oxygen atoms in total. The Morgan fingerprint density at radius 2 is 2.05 bits per heavy atom. The van der Waals surface area contributed by atoms with Crippen molar-refractivity contribution in [1.82, 2.24) is 25.5 Å². The van der Waals surface area contributed by atoms with E-state index >= 15 is 0 Å². The Hall–Kier alpha value is -2.48. The highest BCUT2D eigenvalue weighted by Gasteiger charge is 2.15. The maximum absolute atomic E-state index is 11.9. The molecule has 2 rings (SSSR count). The number of ether oxygens (including phenoxy) is 2. The molecular formula is C13H17N5O3. The number of amides is 1. The van der Waals surface area contributed by atoms with E-state index in [9.17, 15) is 4.79 Å². The van der Waals surface area contributed by atoms with Gasteiger partial charge in [0.15, 0.2) is 0 Å². The van der Waals surface area contributed by atoms with Crippen LogP contribution < -0.4 is 10.1 Å². The lowest BCUT2D eigenvalue weighted by Gasteiger charge is -2.10. The number of tetrazole rings is 1. The molecule has 0 unspecified atom stereocenters. The van der Waals surface area contributed by atoms with Gasteiger partial charge in [0, 0.05) is 13.2 Å². The van der Waals surface area contributed by atoms with Crippen molar-refractivity contribution in [3.8, 4) is 11.4 Å². The number of aromatic nitrogens is 4. The van der Waals surface area contributed by atoms with Crippen LogP contribution in [-0.4, -0.2) is 53.0 Å². The summed E-state index contributed by atoms with van der Waals surface area (Å²) in [4.78, 5) is 13.2. The van der Waals surface area contributed by atoms with E-state index in [1.165, 1.54) is 4.80 Å². The van der Waals surface area contributed by atoms with Crippen molar-refractivity contribution in [3.63, 3.8) is 0 Å². The fourth-order valence-electron chi connectivity index (χ4n) is 1.71. The Morgan fingerprint density at radius 3 is 2.67 bits per heavy atom.